The smallest absolute Gasteiger partial charge is 0.415 e. The van der Waals surface area contributed by atoms with Crippen LogP contribution in [0.25, 0.3) is 21.7 Å². The summed E-state index contributed by atoms with van der Waals surface area (Å²) >= 11 is 3.70. The standard InChI is InChI=1S/C49H57BrN10O8/c1-28(2)43(51)45(62)56-37(9-6-17-53-47(52)64)44(61)54-31-12-10-29(11-13-31)27-67-49(66)59-18-16-32-35-23-38(55-36(35)14-15-39(32)59)46(63)60-26-30(25-50)42-34-8-5-4-7-33(34)41(24-40(42)60)68-48(65)58-21-19-57(3)20-22-58/h4-5,7-8,10-15,23-24,28,30,37,43,55H,6,9,16-22,25-27,51H2,1-3H3,(H,54,61)(H,56,62)(H3,52,53,64)/t30-,37+,43+/m1/s1. The summed E-state index contributed by atoms with van der Waals surface area (Å²) in [5.74, 6) is -0.878. The molecule has 1 saturated heterocycles. The number of halogens is 1. The molecular weight excluding hydrogens is 937 g/mol. The molecule has 19 heteroatoms. The highest BCUT2D eigenvalue weighted by molar-refractivity contribution is 9.09. The second-order valence-electron chi connectivity index (χ2n) is 17.9. The molecule has 358 valence electrons. The normalized spacial score (nSPS) is 16.6. The van der Waals surface area contributed by atoms with E-state index in [9.17, 15) is 28.8 Å². The van der Waals surface area contributed by atoms with Crippen LogP contribution in [-0.4, -0.2) is 121 Å². The average Bonchev–Trinajstić information content (AvgIpc) is 4.07. The maximum atomic E-state index is 14.6. The van der Waals surface area contributed by atoms with Gasteiger partial charge >= 0.3 is 18.2 Å². The summed E-state index contributed by atoms with van der Waals surface area (Å²) in [5, 5.41) is 11.2. The fourth-order valence-corrected chi connectivity index (χ4v) is 9.55. The number of amides is 7. The number of carbonyl (C=O) groups is 6. The Morgan fingerprint density at radius 1 is 0.853 bits per heavy atom. The molecule has 0 saturated carbocycles. The van der Waals surface area contributed by atoms with Crippen LogP contribution < -0.4 is 42.0 Å². The van der Waals surface area contributed by atoms with E-state index in [4.69, 9.17) is 20.9 Å². The van der Waals surface area contributed by atoms with Gasteiger partial charge in [-0.25, -0.2) is 14.4 Å². The summed E-state index contributed by atoms with van der Waals surface area (Å²) in [4.78, 5) is 89.2. The number of likely N-dealkylation sites (N-methyl/N-ethyl adjacent to an activating group) is 1. The van der Waals surface area contributed by atoms with Crippen LogP contribution in [0.4, 0.5) is 31.4 Å². The molecule has 1 fully saturated rings. The second-order valence-corrected chi connectivity index (χ2v) is 18.5. The molecule has 3 aliphatic heterocycles. The Bertz CT molecular complexity index is 2740. The van der Waals surface area contributed by atoms with Crippen molar-refractivity contribution in [3.05, 3.63) is 95.2 Å². The molecule has 0 spiro atoms. The molecule has 5 aromatic rings. The van der Waals surface area contributed by atoms with E-state index < -0.39 is 42.1 Å². The molecule has 3 aliphatic rings. The first-order chi connectivity index (χ1) is 32.7. The number of aromatic nitrogens is 1. The Morgan fingerprint density at radius 2 is 1.59 bits per heavy atom. The predicted octanol–water partition coefficient (Wildman–Crippen LogP) is 5.76. The highest BCUT2D eigenvalue weighted by Gasteiger charge is 2.37. The van der Waals surface area contributed by atoms with Gasteiger partial charge in [0.05, 0.1) is 17.4 Å². The maximum Gasteiger partial charge on any atom is 0.415 e. The van der Waals surface area contributed by atoms with Crippen LogP contribution in [0.2, 0.25) is 0 Å². The van der Waals surface area contributed by atoms with Gasteiger partial charge in [0, 0.05) is 85.1 Å². The van der Waals surface area contributed by atoms with Gasteiger partial charge in [0.15, 0.2) is 0 Å². The molecule has 1 aromatic heterocycles. The van der Waals surface area contributed by atoms with E-state index in [0.29, 0.717) is 78.4 Å². The minimum absolute atomic E-state index is 0.00305. The molecule has 0 bridgehead atoms. The minimum Gasteiger partial charge on any atom is -0.444 e. The molecule has 4 heterocycles. The number of hydrogen-bond acceptors (Lipinski definition) is 10. The number of benzene rings is 4. The third-order valence-corrected chi connectivity index (χ3v) is 13.7. The lowest BCUT2D eigenvalue weighted by Gasteiger charge is -2.31. The molecule has 0 aliphatic carbocycles. The van der Waals surface area contributed by atoms with Gasteiger partial charge in [-0.15, -0.1) is 0 Å². The van der Waals surface area contributed by atoms with Crippen LogP contribution in [0.5, 0.6) is 5.75 Å². The van der Waals surface area contributed by atoms with Crippen LogP contribution in [0.3, 0.4) is 0 Å². The zero-order valence-electron chi connectivity index (χ0n) is 38.3. The van der Waals surface area contributed by atoms with Crippen molar-refractivity contribution in [2.75, 3.05) is 73.3 Å². The minimum atomic E-state index is -0.915. The zero-order valence-corrected chi connectivity index (χ0v) is 39.9. The molecule has 0 radical (unpaired) electrons. The van der Waals surface area contributed by atoms with Gasteiger partial charge in [0.1, 0.15) is 24.1 Å². The molecular formula is C49H57BrN10O8. The van der Waals surface area contributed by atoms with Gasteiger partial charge in [-0.3, -0.25) is 19.3 Å². The Labute approximate surface area is 402 Å². The molecule has 8 rings (SSSR count). The summed E-state index contributed by atoms with van der Waals surface area (Å²) in [6.45, 7) is 7.30. The molecule has 0 unspecified atom stereocenters. The highest BCUT2D eigenvalue weighted by Crippen LogP contribution is 2.46. The number of anilines is 3. The number of carbonyl (C=O) groups excluding carboxylic acids is 6. The molecule has 18 nitrogen and oxygen atoms in total. The third-order valence-electron chi connectivity index (χ3n) is 12.9. The summed E-state index contributed by atoms with van der Waals surface area (Å²) in [6, 6.07) is 19.6. The van der Waals surface area contributed by atoms with Crippen molar-refractivity contribution in [1.29, 1.82) is 0 Å². The predicted molar refractivity (Wildman–Crippen MR) is 263 cm³/mol. The highest BCUT2D eigenvalue weighted by atomic mass is 79.9. The summed E-state index contributed by atoms with van der Waals surface area (Å²) in [5.41, 5.74) is 16.8. The van der Waals surface area contributed by atoms with E-state index in [1.807, 2.05) is 69.4 Å². The maximum absolute atomic E-state index is 14.6. The van der Waals surface area contributed by atoms with Crippen LogP contribution in [-0.2, 0) is 27.4 Å². The first kappa shape index (κ1) is 47.8. The largest absolute Gasteiger partial charge is 0.444 e. The van der Waals surface area contributed by atoms with Crippen LogP contribution in [0.15, 0.2) is 72.8 Å². The van der Waals surface area contributed by atoms with E-state index >= 15 is 0 Å². The first-order valence-electron chi connectivity index (χ1n) is 22.9. The first-order valence-corrected chi connectivity index (χ1v) is 24.0. The Balaban J connectivity index is 0.927. The summed E-state index contributed by atoms with van der Waals surface area (Å²) in [6.07, 6.45) is 0.228. The van der Waals surface area contributed by atoms with Gasteiger partial charge in [-0.2, -0.15) is 0 Å². The quantitative estimate of drug-likeness (QED) is 0.0581. The van der Waals surface area contributed by atoms with Gasteiger partial charge < -0.3 is 56.6 Å². The van der Waals surface area contributed by atoms with Crippen LogP contribution in [0.1, 0.15) is 59.8 Å². The van der Waals surface area contributed by atoms with Crippen molar-refractivity contribution in [2.45, 2.75) is 57.7 Å². The van der Waals surface area contributed by atoms with Crippen molar-refractivity contribution in [1.82, 2.24) is 25.4 Å². The number of rotatable bonds is 14. The number of hydrogen-bond donors (Lipinski definition) is 6. The second kappa shape index (κ2) is 20.7. The molecule has 3 atom stereocenters. The lowest BCUT2D eigenvalue weighted by atomic mass is 9.95. The van der Waals surface area contributed by atoms with Crippen LogP contribution >= 0.6 is 15.9 Å². The van der Waals surface area contributed by atoms with E-state index in [1.54, 1.807) is 39.0 Å². The summed E-state index contributed by atoms with van der Waals surface area (Å²) in [7, 11) is 2.03. The molecule has 7 amide bonds. The van der Waals surface area contributed by atoms with Crippen molar-refractivity contribution >= 4 is 90.6 Å². The number of fused-ring (bicyclic) bond motifs is 6. The monoisotopic (exact) mass is 992 g/mol. The van der Waals surface area contributed by atoms with Gasteiger partial charge in [0.25, 0.3) is 5.91 Å². The Kier molecular flexibility index (Phi) is 14.5. The number of piperazine rings is 1. The number of alkyl halides is 1. The number of urea groups is 1. The zero-order chi connectivity index (χ0) is 48.2. The number of nitrogens with two attached hydrogens (primary N) is 2. The fraction of sp³-hybridized carbons (Fsp3) is 0.388. The number of aromatic amines is 1. The Morgan fingerprint density at radius 3 is 2.29 bits per heavy atom. The van der Waals surface area contributed by atoms with Gasteiger partial charge in [-0.05, 0) is 84.6 Å². The number of ether oxygens (including phenoxy) is 2. The van der Waals surface area contributed by atoms with Crippen molar-refractivity contribution < 1.29 is 38.2 Å². The molecule has 68 heavy (non-hydrogen) atoms. The molecule has 8 N–H and O–H groups in total. The number of H-pyrrole nitrogens is 1. The lowest BCUT2D eigenvalue weighted by molar-refractivity contribution is -0.128. The van der Waals surface area contributed by atoms with E-state index in [0.717, 1.165) is 45.9 Å². The number of primary amides is 1. The van der Waals surface area contributed by atoms with E-state index in [-0.39, 0.29) is 37.3 Å². The third kappa shape index (κ3) is 10.2. The number of nitrogens with one attached hydrogen (secondary N) is 4. The van der Waals surface area contributed by atoms with Crippen molar-refractivity contribution in [3.8, 4) is 5.75 Å². The van der Waals surface area contributed by atoms with E-state index in [2.05, 4.69) is 41.8 Å². The van der Waals surface area contributed by atoms with Crippen molar-refractivity contribution in [3.63, 3.8) is 0 Å². The topological polar surface area (TPSA) is 238 Å². The number of nitrogens with zero attached hydrogens (tertiary/aromatic N) is 4. The van der Waals surface area contributed by atoms with Crippen LogP contribution in [0, 0.1) is 5.92 Å². The average molecular weight is 994 g/mol. The fourth-order valence-electron chi connectivity index (χ4n) is 9.02. The van der Waals surface area contributed by atoms with Gasteiger partial charge in [0.2, 0.25) is 11.8 Å². The Hall–Kier alpha value is -6.70. The van der Waals surface area contributed by atoms with E-state index in [1.165, 1.54) is 0 Å². The molecule has 4 aromatic carbocycles. The lowest BCUT2D eigenvalue weighted by Crippen LogP contribution is -2.51. The summed E-state index contributed by atoms with van der Waals surface area (Å²) < 4.78 is 11.9. The van der Waals surface area contributed by atoms with Crippen molar-refractivity contribution in [2.24, 2.45) is 17.4 Å². The van der Waals surface area contributed by atoms with Gasteiger partial charge in [-0.1, -0.05) is 66.2 Å². The SMILES string of the molecule is CC(C)[C@H](N)C(=O)N[C@@H](CCCNC(N)=O)C(=O)Nc1ccc(COC(=O)N2CCc3c2ccc2[nH]c(C(=O)N4C[C@@H](CBr)c5c4cc(OC(=O)N4CCN(C)CC4)c4ccccc54)cc32)cc1.